The van der Waals surface area contributed by atoms with Gasteiger partial charge in [-0.1, -0.05) is 48.5 Å². The predicted molar refractivity (Wildman–Crippen MR) is 124 cm³/mol. The van der Waals surface area contributed by atoms with Gasteiger partial charge in [-0.05, 0) is 54.3 Å². The molecule has 7 nitrogen and oxygen atoms in total. The Hall–Kier alpha value is -4.20. The fraction of sp³-hybridized carbons (Fsp3) is 0.192. The topological polar surface area (TPSA) is 105 Å². The number of fused-ring (bicyclic) bond motifs is 3. The minimum absolute atomic E-state index is 0.0756. The van der Waals surface area contributed by atoms with E-state index in [0.717, 1.165) is 28.3 Å². The monoisotopic (exact) mass is 462 g/mol. The number of aliphatic carboxylic acids is 1. The van der Waals surface area contributed by atoms with E-state index in [9.17, 15) is 18.8 Å². The predicted octanol–water partition coefficient (Wildman–Crippen LogP) is 4.78. The number of carboxylic acid groups (broad SMARTS) is 1. The molecule has 0 spiro atoms. The number of rotatable bonds is 6. The lowest BCUT2D eigenvalue weighted by Gasteiger charge is -2.21. The Bertz CT molecular complexity index is 1240. The maximum Gasteiger partial charge on any atom is 0.411 e. The summed E-state index contributed by atoms with van der Waals surface area (Å²) in [5, 5.41) is 13.8. The lowest BCUT2D eigenvalue weighted by molar-refractivity contribution is -0.143. The lowest BCUT2D eigenvalue weighted by atomic mass is 9.98. The highest BCUT2D eigenvalue weighted by atomic mass is 19.1. The van der Waals surface area contributed by atoms with Crippen molar-refractivity contribution < 1.29 is 28.6 Å². The minimum Gasteiger partial charge on any atom is -0.480 e. The van der Waals surface area contributed by atoms with Crippen molar-refractivity contribution in [2.75, 3.05) is 11.9 Å². The van der Waals surface area contributed by atoms with Gasteiger partial charge in [0, 0.05) is 11.5 Å². The van der Waals surface area contributed by atoms with Gasteiger partial charge in [0.1, 0.15) is 18.0 Å². The van der Waals surface area contributed by atoms with Crippen LogP contribution >= 0.6 is 0 Å². The van der Waals surface area contributed by atoms with Crippen molar-refractivity contribution in [3.8, 4) is 11.1 Å². The molecule has 3 aromatic rings. The number of nitrogens with one attached hydrogen (secondary N) is 2. The van der Waals surface area contributed by atoms with Crippen LogP contribution < -0.4 is 10.6 Å². The Morgan fingerprint density at radius 2 is 1.56 bits per heavy atom. The third-order valence-corrected chi connectivity index (χ3v) is 5.77. The Kier molecular flexibility index (Phi) is 6.06. The molecule has 1 aliphatic carbocycles. The summed E-state index contributed by atoms with van der Waals surface area (Å²) in [6, 6.07) is 19.3. The average molecular weight is 462 g/mol. The van der Waals surface area contributed by atoms with Crippen molar-refractivity contribution in [2.24, 2.45) is 0 Å². The highest BCUT2D eigenvalue weighted by Crippen LogP contribution is 2.44. The molecular formula is C26H23FN2O5. The Labute approximate surface area is 195 Å². The van der Waals surface area contributed by atoms with Crippen LogP contribution in [0.5, 0.6) is 0 Å². The summed E-state index contributed by atoms with van der Waals surface area (Å²) in [4.78, 5) is 35.8. The first-order valence-corrected chi connectivity index (χ1v) is 10.6. The zero-order valence-corrected chi connectivity index (χ0v) is 18.6. The lowest BCUT2D eigenvalue weighted by Crippen LogP contribution is -2.49. The molecule has 174 valence electrons. The fourth-order valence-electron chi connectivity index (χ4n) is 3.91. The van der Waals surface area contributed by atoms with E-state index in [-0.39, 0.29) is 23.8 Å². The van der Waals surface area contributed by atoms with Crippen molar-refractivity contribution in [3.05, 3.63) is 89.2 Å². The first-order valence-electron chi connectivity index (χ1n) is 10.6. The number of carbonyl (C=O) groups is 3. The number of hydrogen-bond donors (Lipinski definition) is 3. The van der Waals surface area contributed by atoms with Crippen LogP contribution in [0.2, 0.25) is 0 Å². The van der Waals surface area contributed by atoms with Crippen LogP contribution in [0.3, 0.4) is 0 Å². The van der Waals surface area contributed by atoms with Crippen LogP contribution in [-0.2, 0) is 9.53 Å². The van der Waals surface area contributed by atoms with E-state index in [2.05, 4.69) is 10.6 Å². The van der Waals surface area contributed by atoms with E-state index in [1.807, 2.05) is 48.5 Å². The SMILES string of the molecule is CC(C)(NC(=O)c1ccc(NC(=O)OCC2c3ccccc3-c3ccccc32)c(F)c1)C(=O)O. The number of benzene rings is 3. The van der Waals surface area contributed by atoms with Crippen LogP contribution in [0.4, 0.5) is 14.9 Å². The molecule has 0 unspecified atom stereocenters. The zero-order valence-electron chi connectivity index (χ0n) is 18.6. The summed E-state index contributed by atoms with van der Waals surface area (Å²) >= 11 is 0. The van der Waals surface area contributed by atoms with Gasteiger partial charge in [0.15, 0.2) is 0 Å². The second kappa shape index (κ2) is 8.97. The smallest absolute Gasteiger partial charge is 0.411 e. The summed E-state index contributed by atoms with van der Waals surface area (Å²) in [5.41, 5.74) is 2.54. The van der Waals surface area contributed by atoms with Crippen molar-refractivity contribution in [2.45, 2.75) is 25.3 Å². The van der Waals surface area contributed by atoms with Gasteiger partial charge in [-0.2, -0.15) is 0 Å². The molecule has 0 atom stereocenters. The van der Waals surface area contributed by atoms with E-state index in [1.54, 1.807) is 0 Å². The summed E-state index contributed by atoms with van der Waals surface area (Å²) in [5.74, 6) is -2.96. The Morgan fingerprint density at radius 3 is 2.12 bits per heavy atom. The number of halogens is 1. The van der Waals surface area contributed by atoms with Gasteiger partial charge < -0.3 is 15.2 Å². The van der Waals surface area contributed by atoms with Gasteiger partial charge in [0.25, 0.3) is 5.91 Å². The molecule has 2 amide bonds. The van der Waals surface area contributed by atoms with E-state index in [0.29, 0.717) is 0 Å². The Morgan fingerprint density at radius 1 is 0.971 bits per heavy atom. The maximum absolute atomic E-state index is 14.5. The standard InChI is InChI=1S/C26H23FN2O5/c1-26(2,24(31)32)29-23(30)15-11-12-22(21(27)13-15)28-25(33)34-14-20-18-9-5-3-7-16(18)17-8-4-6-10-19(17)20/h3-13,20H,14H2,1-2H3,(H,28,33)(H,29,30)(H,31,32). The highest BCUT2D eigenvalue weighted by molar-refractivity contribution is 5.98. The minimum atomic E-state index is -1.52. The van der Waals surface area contributed by atoms with Crippen LogP contribution in [0.25, 0.3) is 11.1 Å². The third kappa shape index (κ3) is 4.47. The number of amides is 2. The largest absolute Gasteiger partial charge is 0.480 e. The van der Waals surface area contributed by atoms with Gasteiger partial charge in [-0.15, -0.1) is 0 Å². The first kappa shape index (κ1) is 23.0. The summed E-state index contributed by atoms with van der Waals surface area (Å²) in [7, 11) is 0. The average Bonchev–Trinajstić information content (AvgIpc) is 3.12. The molecule has 0 aromatic heterocycles. The molecule has 4 rings (SSSR count). The van der Waals surface area contributed by atoms with Gasteiger partial charge in [-0.3, -0.25) is 10.1 Å². The molecule has 0 fully saturated rings. The van der Waals surface area contributed by atoms with Gasteiger partial charge >= 0.3 is 12.1 Å². The third-order valence-electron chi connectivity index (χ3n) is 5.77. The fourth-order valence-corrected chi connectivity index (χ4v) is 3.91. The number of ether oxygens (including phenoxy) is 1. The van der Waals surface area contributed by atoms with Crippen LogP contribution in [0.1, 0.15) is 41.3 Å². The molecule has 1 aliphatic rings. The molecule has 34 heavy (non-hydrogen) atoms. The quantitative estimate of drug-likeness (QED) is 0.489. The molecule has 3 aromatic carbocycles. The van der Waals surface area contributed by atoms with Gasteiger partial charge in [0.05, 0.1) is 5.69 Å². The van der Waals surface area contributed by atoms with E-state index in [1.165, 1.54) is 26.0 Å². The number of hydrogen-bond acceptors (Lipinski definition) is 4. The van der Waals surface area contributed by atoms with Crippen LogP contribution in [0, 0.1) is 5.82 Å². The molecule has 0 radical (unpaired) electrons. The molecule has 3 N–H and O–H groups in total. The molecular weight excluding hydrogens is 439 g/mol. The summed E-state index contributed by atoms with van der Waals surface area (Å²) in [6.45, 7) is 2.71. The Balaban J connectivity index is 1.41. The van der Waals surface area contributed by atoms with Crippen LogP contribution in [0.15, 0.2) is 66.7 Å². The first-order chi connectivity index (χ1) is 16.2. The van der Waals surface area contributed by atoms with Crippen molar-refractivity contribution in [1.29, 1.82) is 0 Å². The number of carbonyl (C=O) groups excluding carboxylic acids is 2. The van der Waals surface area contributed by atoms with Crippen molar-refractivity contribution in [3.63, 3.8) is 0 Å². The molecule has 8 heteroatoms. The second-order valence-corrected chi connectivity index (χ2v) is 8.53. The second-order valence-electron chi connectivity index (χ2n) is 8.53. The maximum atomic E-state index is 14.5. The molecule has 0 bridgehead atoms. The molecule has 0 heterocycles. The van der Waals surface area contributed by atoms with Gasteiger partial charge in [0.2, 0.25) is 0 Å². The van der Waals surface area contributed by atoms with Gasteiger partial charge in [-0.25, -0.2) is 14.0 Å². The highest BCUT2D eigenvalue weighted by Gasteiger charge is 2.30. The summed E-state index contributed by atoms with van der Waals surface area (Å²) < 4.78 is 19.9. The van der Waals surface area contributed by atoms with Crippen LogP contribution in [-0.4, -0.2) is 35.2 Å². The van der Waals surface area contributed by atoms with E-state index in [4.69, 9.17) is 9.84 Å². The van der Waals surface area contributed by atoms with Crippen molar-refractivity contribution in [1.82, 2.24) is 5.32 Å². The van der Waals surface area contributed by atoms with Crippen molar-refractivity contribution >= 4 is 23.7 Å². The number of carboxylic acids is 1. The number of anilines is 1. The van der Waals surface area contributed by atoms with E-state index < -0.39 is 29.3 Å². The molecule has 0 saturated heterocycles. The molecule has 0 aliphatic heterocycles. The normalized spacial score (nSPS) is 12.4. The molecule has 0 saturated carbocycles. The zero-order chi connectivity index (χ0) is 24.5. The van der Waals surface area contributed by atoms with E-state index >= 15 is 0 Å². The summed E-state index contributed by atoms with van der Waals surface area (Å²) in [6.07, 6.45) is -0.829.